The van der Waals surface area contributed by atoms with E-state index in [9.17, 15) is 0 Å². The van der Waals surface area contributed by atoms with Crippen molar-refractivity contribution in [2.75, 3.05) is 7.11 Å². The molecule has 2 rings (SSSR count). The molecule has 2 nitrogen and oxygen atoms in total. The molecule has 0 unspecified atom stereocenters. The molecule has 1 atom stereocenters. The third kappa shape index (κ3) is 2.47. The van der Waals surface area contributed by atoms with Gasteiger partial charge in [-0.25, -0.2) is 0 Å². The molecule has 17 heavy (non-hydrogen) atoms. The zero-order valence-electron chi connectivity index (χ0n) is 11.1. The molecular formula is C15H23NO. The van der Waals surface area contributed by atoms with Gasteiger partial charge in [0.05, 0.1) is 7.11 Å². The van der Waals surface area contributed by atoms with Gasteiger partial charge in [0.15, 0.2) is 0 Å². The summed E-state index contributed by atoms with van der Waals surface area (Å²) in [6, 6.07) is 4.57. The topological polar surface area (TPSA) is 35.2 Å². The first-order chi connectivity index (χ1) is 8.13. The zero-order chi connectivity index (χ0) is 12.4. The lowest BCUT2D eigenvalue weighted by molar-refractivity contribution is 0.406. The van der Waals surface area contributed by atoms with Gasteiger partial charge in [-0.2, -0.15) is 0 Å². The van der Waals surface area contributed by atoms with E-state index in [0.717, 1.165) is 5.75 Å². The third-order valence-corrected chi connectivity index (χ3v) is 3.98. The van der Waals surface area contributed by atoms with E-state index >= 15 is 0 Å². The number of aryl methyl sites for hydroxylation is 2. The van der Waals surface area contributed by atoms with Crippen LogP contribution in [0.4, 0.5) is 0 Å². The van der Waals surface area contributed by atoms with Gasteiger partial charge in [-0.1, -0.05) is 25.0 Å². The van der Waals surface area contributed by atoms with Crippen LogP contribution >= 0.6 is 0 Å². The molecule has 1 aromatic rings. The Bertz CT molecular complexity index is 371. The van der Waals surface area contributed by atoms with E-state index in [2.05, 4.69) is 26.0 Å². The predicted octanol–water partition coefficient (Wildman–Crippen LogP) is 3.50. The van der Waals surface area contributed by atoms with Crippen LogP contribution in [-0.4, -0.2) is 7.11 Å². The molecule has 2 N–H and O–H groups in total. The number of hydrogen-bond donors (Lipinski definition) is 1. The Morgan fingerprint density at radius 1 is 1.18 bits per heavy atom. The van der Waals surface area contributed by atoms with E-state index in [-0.39, 0.29) is 6.04 Å². The number of hydrogen-bond acceptors (Lipinski definition) is 2. The summed E-state index contributed by atoms with van der Waals surface area (Å²) in [6.07, 6.45) is 5.25. The molecule has 0 aliphatic heterocycles. The second-order valence-corrected chi connectivity index (χ2v) is 5.26. The predicted molar refractivity (Wildman–Crippen MR) is 71.4 cm³/mol. The molecule has 0 radical (unpaired) electrons. The summed E-state index contributed by atoms with van der Waals surface area (Å²) < 4.78 is 5.40. The number of rotatable bonds is 3. The molecule has 94 valence electrons. The Morgan fingerprint density at radius 3 is 2.18 bits per heavy atom. The highest BCUT2D eigenvalue weighted by Crippen LogP contribution is 2.36. The van der Waals surface area contributed by atoms with E-state index in [4.69, 9.17) is 10.5 Å². The molecule has 0 saturated heterocycles. The van der Waals surface area contributed by atoms with Crippen molar-refractivity contribution >= 4 is 0 Å². The maximum Gasteiger partial charge on any atom is 0.124 e. The third-order valence-electron chi connectivity index (χ3n) is 3.98. The quantitative estimate of drug-likeness (QED) is 0.867. The summed E-state index contributed by atoms with van der Waals surface area (Å²) in [5.74, 6) is 1.66. The van der Waals surface area contributed by atoms with Crippen LogP contribution in [0.15, 0.2) is 12.1 Å². The Morgan fingerprint density at radius 2 is 1.71 bits per heavy atom. The first-order valence-electron chi connectivity index (χ1n) is 6.54. The van der Waals surface area contributed by atoms with Gasteiger partial charge in [0, 0.05) is 6.04 Å². The Balaban J connectivity index is 2.26. The Labute approximate surface area is 104 Å². The van der Waals surface area contributed by atoms with Gasteiger partial charge in [-0.3, -0.25) is 0 Å². The second-order valence-electron chi connectivity index (χ2n) is 5.26. The summed E-state index contributed by atoms with van der Waals surface area (Å²) in [6.45, 7) is 4.19. The molecule has 2 heteroatoms. The van der Waals surface area contributed by atoms with Crippen molar-refractivity contribution in [3.05, 3.63) is 28.8 Å². The van der Waals surface area contributed by atoms with Crippen molar-refractivity contribution in [1.82, 2.24) is 0 Å². The average Bonchev–Trinajstić information content (AvgIpc) is 2.81. The fourth-order valence-electron chi connectivity index (χ4n) is 3.09. The molecule has 0 aromatic heterocycles. The molecule has 0 spiro atoms. The van der Waals surface area contributed by atoms with Crippen LogP contribution < -0.4 is 10.5 Å². The van der Waals surface area contributed by atoms with Crippen LogP contribution in [0.25, 0.3) is 0 Å². The average molecular weight is 233 g/mol. The van der Waals surface area contributed by atoms with Crippen molar-refractivity contribution in [3.8, 4) is 5.75 Å². The van der Waals surface area contributed by atoms with Gasteiger partial charge >= 0.3 is 0 Å². The summed E-state index contributed by atoms with van der Waals surface area (Å²) in [5.41, 5.74) is 10.0. The molecule has 1 aromatic carbocycles. The number of methoxy groups -OCH3 is 1. The highest BCUT2D eigenvalue weighted by atomic mass is 16.5. The zero-order valence-corrected chi connectivity index (χ0v) is 11.1. The fourth-order valence-corrected chi connectivity index (χ4v) is 3.09. The van der Waals surface area contributed by atoms with Gasteiger partial charge in [0.25, 0.3) is 0 Å². The maximum absolute atomic E-state index is 6.39. The monoisotopic (exact) mass is 233 g/mol. The standard InChI is InChI=1S/C15H23NO/c1-10-8-13(9-11(2)15(10)17-3)14(16)12-6-4-5-7-12/h8-9,12,14H,4-7,16H2,1-3H3/t14-/m0/s1. The highest BCUT2D eigenvalue weighted by Gasteiger charge is 2.24. The molecule has 0 amide bonds. The Kier molecular flexibility index (Phi) is 3.72. The fraction of sp³-hybridized carbons (Fsp3) is 0.600. The number of nitrogens with two attached hydrogens (primary N) is 1. The van der Waals surface area contributed by atoms with Crippen molar-refractivity contribution < 1.29 is 4.74 Å². The van der Waals surface area contributed by atoms with Gasteiger partial charge in [-0.05, 0) is 49.3 Å². The first kappa shape index (κ1) is 12.4. The van der Waals surface area contributed by atoms with E-state index in [1.54, 1.807) is 7.11 Å². The van der Waals surface area contributed by atoms with Crippen molar-refractivity contribution in [1.29, 1.82) is 0 Å². The van der Waals surface area contributed by atoms with Crippen LogP contribution in [0.3, 0.4) is 0 Å². The van der Waals surface area contributed by atoms with Gasteiger partial charge < -0.3 is 10.5 Å². The lowest BCUT2D eigenvalue weighted by Gasteiger charge is -2.21. The van der Waals surface area contributed by atoms with Crippen molar-refractivity contribution in [2.24, 2.45) is 11.7 Å². The molecule has 1 aliphatic carbocycles. The van der Waals surface area contributed by atoms with E-state index in [1.807, 2.05) is 0 Å². The van der Waals surface area contributed by atoms with Crippen LogP contribution in [-0.2, 0) is 0 Å². The van der Waals surface area contributed by atoms with Crippen molar-refractivity contribution in [2.45, 2.75) is 45.6 Å². The van der Waals surface area contributed by atoms with Gasteiger partial charge in [0.1, 0.15) is 5.75 Å². The smallest absolute Gasteiger partial charge is 0.124 e. The van der Waals surface area contributed by atoms with Crippen LogP contribution in [0.2, 0.25) is 0 Å². The lowest BCUT2D eigenvalue weighted by Crippen LogP contribution is -2.19. The first-order valence-corrected chi connectivity index (χ1v) is 6.54. The molecule has 0 bridgehead atoms. The van der Waals surface area contributed by atoms with Gasteiger partial charge in [-0.15, -0.1) is 0 Å². The largest absolute Gasteiger partial charge is 0.496 e. The second kappa shape index (κ2) is 5.09. The van der Waals surface area contributed by atoms with Crippen LogP contribution in [0.1, 0.15) is 48.4 Å². The summed E-state index contributed by atoms with van der Waals surface area (Å²) in [5, 5.41) is 0. The van der Waals surface area contributed by atoms with E-state index in [1.165, 1.54) is 42.4 Å². The highest BCUT2D eigenvalue weighted by molar-refractivity contribution is 5.44. The number of benzene rings is 1. The normalized spacial score (nSPS) is 18.4. The minimum absolute atomic E-state index is 0.195. The Hall–Kier alpha value is -1.02. The van der Waals surface area contributed by atoms with Crippen LogP contribution in [0.5, 0.6) is 5.75 Å². The minimum atomic E-state index is 0.195. The van der Waals surface area contributed by atoms with Crippen LogP contribution in [0, 0.1) is 19.8 Å². The molecule has 1 fully saturated rings. The molecule has 0 heterocycles. The lowest BCUT2D eigenvalue weighted by atomic mass is 9.90. The van der Waals surface area contributed by atoms with Gasteiger partial charge in [0.2, 0.25) is 0 Å². The summed E-state index contributed by atoms with van der Waals surface area (Å²) in [4.78, 5) is 0. The summed E-state index contributed by atoms with van der Waals surface area (Å²) >= 11 is 0. The maximum atomic E-state index is 6.39. The SMILES string of the molecule is COc1c(C)cc([C@@H](N)C2CCCC2)cc1C. The summed E-state index contributed by atoms with van der Waals surface area (Å²) in [7, 11) is 1.73. The molecular weight excluding hydrogens is 210 g/mol. The molecule has 1 aliphatic rings. The minimum Gasteiger partial charge on any atom is -0.496 e. The van der Waals surface area contributed by atoms with E-state index in [0.29, 0.717) is 5.92 Å². The van der Waals surface area contributed by atoms with E-state index < -0.39 is 0 Å². The van der Waals surface area contributed by atoms with Crippen molar-refractivity contribution in [3.63, 3.8) is 0 Å². The number of ether oxygens (including phenoxy) is 1. The molecule has 1 saturated carbocycles.